The highest BCUT2D eigenvalue weighted by atomic mass is 16.5. The number of aromatic nitrogens is 6. The summed E-state index contributed by atoms with van der Waals surface area (Å²) in [7, 11) is 0. The van der Waals surface area contributed by atoms with Crippen LogP contribution in [0.4, 0.5) is 27.5 Å². The molecule has 4 aromatic carbocycles. The molecular formula is C43H50N12O3. The summed E-state index contributed by atoms with van der Waals surface area (Å²) in [5.74, 6) is 0. The highest BCUT2D eigenvalue weighted by Gasteiger charge is 2.13. The molecule has 2 amide bonds. The number of benzene rings is 4. The SMILES string of the molecule is O=C(Nc1cccc(-c2cn(-c3ccc(NCCCN4CCOCC4)cc3)nn2)c1)Nc1cccc(-c2cn(-c3ccc(NCCCN4CCOCC4)cc3)nn2)c1. The Morgan fingerprint density at radius 2 is 0.983 bits per heavy atom. The Labute approximate surface area is 338 Å². The van der Waals surface area contributed by atoms with Crippen LogP contribution in [0.2, 0.25) is 0 Å². The molecular weight excluding hydrogens is 733 g/mol. The summed E-state index contributed by atoms with van der Waals surface area (Å²) >= 11 is 0. The number of nitrogens with zero attached hydrogens (tertiary/aromatic N) is 8. The second-order valence-electron chi connectivity index (χ2n) is 14.4. The molecule has 4 N–H and O–H groups in total. The second kappa shape index (κ2) is 19.3. The van der Waals surface area contributed by atoms with Gasteiger partial charge in [0.2, 0.25) is 0 Å². The molecule has 58 heavy (non-hydrogen) atoms. The number of hydrogen-bond acceptors (Lipinski definition) is 11. The van der Waals surface area contributed by atoms with Crippen molar-refractivity contribution in [3.8, 4) is 33.9 Å². The smallest absolute Gasteiger partial charge is 0.323 e. The number of nitrogens with one attached hydrogen (secondary N) is 4. The maximum Gasteiger partial charge on any atom is 0.323 e. The second-order valence-corrected chi connectivity index (χ2v) is 14.4. The van der Waals surface area contributed by atoms with Gasteiger partial charge in [-0.15, -0.1) is 10.2 Å². The predicted molar refractivity (Wildman–Crippen MR) is 227 cm³/mol. The van der Waals surface area contributed by atoms with Crippen molar-refractivity contribution in [1.29, 1.82) is 0 Å². The average Bonchev–Trinajstić information content (AvgIpc) is 3.97. The quantitative estimate of drug-likeness (QED) is 0.0845. The molecule has 0 aliphatic carbocycles. The van der Waals surface area contributed by atoms with Crippen molar-refractivity contribution in [2.24, 2.45) is 0 Å². The molecule has 2 fully saturated rings. The fourth-order valence-electron chi connectivity index (χ4n) is 7.03. The zero-order chi connectivity index (χ0) is 39.4. The third kappa shape index (κ3) is 10.6. The molecule has 0 spiro atoms. The molecule has 0 saturated carbocycles. The third-order valence-corrected chi connectivity index (χ3v) is 10.3. The Morgan fingerprint density at radius 3 is 1.41 bits per heavy atom. The van der Waals surface area contributed by atoms with Crippen LogP contribution in [0.3, 0.4) is 0 Å². The van der Waals surface area contributed by atoms with E-state index in [0.717, 1.165) is 126 Å². The van der Waals surface area contributed by atoms with Gasteiger partial charge in [0.25, 0.3) is 0 Å². The van der Waals surface area contributed by atoms with Crippen LogP contribution in [0.15, 0.2) is 109 Å². The molecule has 2 aromatic heterocycles. The van der Waals surface area contributed by atoms with Crippen molar-refractivity contribution < 1.29 is 14.3 Å². The number of morpholine rings is 2. The summed E-state index contributed by atoms with van der Waals surface area (Å²) in [6.45, 7) is 11.3. The van der Waals surface area contributed by atoms with E-state index in [0.29, 0.717) is 22.8 Å². The normalized spacial score (nSPS) is 14.9. The summed E-state index contributed by atoms with van der Waals surface area (Å²) in [5.41, 5.74) is 8.25. The number of anilines is 4. The lowest BCUT2D eigenvalue weighted by molar-refractivity contribution is 0.0378. The van der Waals surface area contributed by atoms with Crippen molar-refractivity contribution >= 4 is 28.8 Å². The molecule has 0 atom stereocenters. The molecule has 2 saturated heterocycles. The van der Waals surface area contributed by atoms with Gasteiger partial charge in [0.15, 0.2) is 0 Å². The maximum atomic E-state index is 13.1. The Bertz CT molecular complexity index is 2060. The fourth-order valence-corrected chi connectivity index (χ4v) is 7.03. The van der Waals surface area contributed by atoms with E-state index in [1.165, 1.54) is 0 Å². The van der Waals surface area contributed by atoms with Crippen LogP contribution in [-0.4, -0.2) is 125 Å². The fraction of sp³-hybridized carbons (Fsp3) is 0.326. The first-order valence-corrected chi connectivity index (χ1v) is 20.0. The van der Waals surface area contributed by atoms with E-state index < -0.39 is 0 Å². The van der Waals surface area contributed by atoms with Gasteiger partial charge in [-0.3, -0.25) is 9.80 Å². The average molecular weight is 783 g/mol. The minimum Gasteiger partial charge on any atom is -0.385 e. The molecule has 6 aromatic rings. The van der Waals surface area contributed by atoms with E-state index >= 15 is 0 Å². The van der Waals surface area contributed by atoms with Crippen LogP contribution in [0.1, 0.15) is 12.8 Å². The molecule has 0 radical (unpaired) electrons. The van der Waals surface area contributed by atoms with Crippen LogP contribution >= 0.6 is 0 Å². The molecule has 0 unspecified atom stereocenters. The third-order valence-electron chi connectivity index (χ3n) is 10.3. The van der Waals surface area contributed by atoms with Gasteiger partial charge >= 0.3 is 6.03 Å². The number of urea groups is 1. The lowest BCUT2D eigenvalue weighted by atomic mass is 10.1. The first kappa shape index (κ1) is 38.7. The van der Waals surface area contributed by atoms with Crippen LogP contribution in [0.5, 0.6) is 0 Å². The van der Waals surface area contributed by atoms with Crippen molar-refractivity contribution in [2.75, 3.05) is 100 Å². The van der Waals surface area contributed by atoms with Gasteiger partial charge in [0.1, 0.15) is 11.4 Å². The summed E-state index contributed by atoms with van der Waals surface area (Å²) in [5, 5.41) is 30.4. The zero-order valence-corrected chi connectivity index (χ0v) is 32.6. The van der Waals surface area contributed by atoms with Crippen LogP contribution in [0.25, 0.3) is 33.9 Å². The first-order chi connectivity index (χ1) is 28.6. The minimum atomic E-state index is -0.369. The predicted octanol–water partition coefficient (Wildman–Crippen LogP) is 6.09. The van der Waals surface area contributed by atoms with E-state index in [2.05, 4.69) is 76.0 Å². The summed E-state index contributed by atoms with van der Waals surface area (Å²) in [6, 6.07) is 31.0. The van der Waals surface area contributed by atoms with Crippen LogP contribution < -0.4 is 21.3 Å². The Morgan fingerprint density at radius 1 is 0.552 bits per heavy atom. The monoisotopic (exact) mass is 782 g/mol. The number of amides is 2. The van der Waals surface area contributed by atoms with E-state index in [9.17, 15) is 4.79 Å². The molecule has 15 nitrogen and oxygen atoms in total. The molecule has 8 rings (SSSR count). The Kier molecular flexibility index (Phi) is 12.9. The molecule has 0 bridgehead atoms. The van der Waals surface area contributed by atoms with Crippen molar-refractivity contribution in [2.45, 2.75) is 12.8 Å². The number of rotatable bonds is 16. The number of carbonyl (C=O) groups is 1. The minimum absolute atomic E-state index is 0.369. The van der Waals surface area contributed by atoms with Gasteiger partial charge in [-0.25, -0.2) is 14.2 Å². The Hall–Kier alpha value is -6.13. The van der Waals surface area contributed by atoms with Gasteiger partial charge in [0, 0.05) is 73.1 Å². The highest BCUT2D eigenvalue weighted by Crippen LogP contribution is 2.25. The van der Waals surface area contributed by atoms with Crippen molar-refractivity contribution in [1.82, 2.24) is 39.8 Å². The largest absolute Gasteiger partial charge is 0.385 e. The van der Waals surface area contributed by atoms with E-state index in [4.69, 9.17) is 9.47 Å². The summed E-state index contributed by atoms with van der Waals surface area (Å²) in [4.78, 5) is 18.0. The molecule has 4 heterocycles. The van der Waals surface area contributed by atoms with Crippen molar-refractivity contribution in [3.63, 3.8) is 0 Å². The van der Waals surface area contributed by atoms with Crippen molar-refractivity contribution in [3.05, 3.63) is 109 Å². The standard InChI is InChI=1S/C43H50N12O3/c56-43(46-37-7-1-5-33(29-37)41-31-54(50-48-41)39-13-9-35(10-14-39)44-17-3-19-52-21-25-57-26-22-52)47-38-8-2-6-34(30-38)42-32-55(51-49-42)40-15-11-36(12-16-40)45-18-4-20-53-23-27-58-28-24-53/h1-2,5-16,29-32,44-45H,3-4,17-28H2,(H2,46,47,56). The lowest BCUT2D eigenvalue weighted by Crippen LogP contribution is -2.37. The maximum absolute atomic E-state index is 13.1. The highest BCUT2D eigenvalue weighted by molar-refractivity contribution is 6.00. The number of ether oxygens (including phenoxy) is 2. The topological polar surface area (TPSA) is 152 Å². The zero-order valence-electron chi connectivity index (χ0n) is 32.6. The first-order valence-electron chi connectivity index (χ1n) is 20.0. The number of hydrogen-bond donors (Lipinski definition) is 4. The van der Waals surface area contributed by atoms with E-state index in [1.54, 1.807) is 9.36 Å². The van der Waals surface area contributed by atoms with E-state index in [1.807, 2.05) is 85.2 Å². The van der Waals surface area contributed by atoms with Gasteiger partial charge < -0.3 is 30.7 Å². The number of carbonyl (C=O) groups excluding carboxylic acids is 1. The Balaban J connectivity index is 0.809. The van der Waals surface area contributed by atoms with Gasteiger partial charge in [-0.05, 0) is 98.7 Å². The van der Waals surface area contributed by atoms with Gasteiger partial charge in [-0.2, -0.15) is 0 Å². The summed E-state index contributed by atoms with van der Waals surface area (Å²) in [6.07, 6.45) is 5.92. The van der Waals surface area contributed by atoms with Gasteiger partial charge in [0.05, 0.1) is 50.2 Å². The van der Waals surface area contributed by atoms with E-state index in [-0.39, 0.29) is 6.03 Å². The van der Waals surface area contributed by atoms with Crippen LogP contribution in [-0.2, 0) is 9.47 Å². The molecule has 2 aliphatic rings. The van der Waals surface area contributed by atoms with Crippen LogP contribution in [0, 0.1) is 0 Å². The lowest BCUT2D eigenvalue weighted by Gasteiger charge is -2.26. The summed E-state index contributed by atoms with van der Waals surface area (Å²) < 4.78 is 14.4. The van der Waals surface area contributed by atoms with Gasteiger partial charge in [-0.1, -0.05) is 34.7 Å². The molecule has 2 aliphatic heterocycles. The molecule has 15 heteroatoms. The molecule has 300 valence electrons.